The Morgan fingerprint density at radius 1 is 1.03 bits per heavy atom. The molecule has 0 spiro atoms. The summed E-state index contributed by atoms with van der Waals surface area (Å²) >= 11 is 0. The van der Waals surface area contributed by atoms with Crippen molar-refractivity contribution in [1.29, 1.82) is 0 Å². The van der Waals surface area contributed by atoms with Gasteiger partial charge in [-0.3, -0.25) is 0 Å². The zero-order valence-corrected chi connectivity index (χ0v) is 19.4. The summed E-state index contributed by atoms with van der Waals surface area (Å²) in [7, 11) is 0. The van der Waals surface area contributed by atoms with E-state index in [1.807, 2.05) is 0 Å². The Hall–Kier alpha value is -2.81. The Kier molecular flexibility index (Phi) is 4.80. The van der Waals surface area contributed by atoms with Crippen LogP contribution in [0.2, 0.25) is 0 Å². The third kappa shape index (κ3) is 3.31. The van der Waals surface area contributed by atoms with E-state index in [4.69, 9.17) is 4.98 Å². The standard InChI is InChI=1S/C28H33N3/c1-18-7-11-22(12-8-18)23-13-9-20(3)25(17-23)31-16-6-15-28(31,5)27-29-24-14-10-19(2)21(4)26(24)30-27/h7-12,14,17,23H,6,13,15-16H2,1-5H3,(H,29,30)/t23?,28-/m0/s1. The molecule has 2 atom stereocenters. The first-order chi connectivity index (χ1) is 14.9. The van der Waals surface area contributed by atoms with Gasteiger partial charge in [0.2, 0.25) is 0 Å². The number of imidazole rings is 1. The molecular formula is C28H33N3. The largest absolute Gasteiger partial charge is 0.359 e. The highest BCUT2D eigenvalue weighted by atomic mass is 15.3. The molecule has 2 aliphatic rings. The van der Waals surface area contributed by atoms with Crippen molar-refractivity contribution in [2.75, 3.05) is 6.54 Å². The highest BCUT2D eigenvalue weighted by molar-refractivity contribution is 5.80. The predicted octanol–water partition coefficient (Wildman–Crippen LogP) is 6.82. The van der Waals surface area contributed by atoms with Crippen molar-refractivity contribution in [3.05, 3.63) is 87.9 Å². The van der Waals surface area contributed by atoms with Crippen molar-refractivity contribution in [1.82, 2.24) is 14.9 Å². The quantitative estimate of drug-likeness (QED) is 0.513. The molecule has 1 aromatic heterocycles. The lowest BCUT2D eigenvalue weighted by molar-refractivity contribution is 0.198. The molecule has 1 N–H and O–H groups in total. The normalized spacial score (nSPS) is 23.9. The minimum absolute atomic E-state index is 0.116. The summed E-state index contributed by atoms with van der Waals surface area (Å²) in [4.78, 5) is 11.4. The van der Waals surface area contributed by atoms with Gasteiger partial charge in [-0.2, -0.15) is 0 Å². The van der Waals surface area contributed by atoms with Crippen molar-refractivity contribution >= 4 is 11.0 Å². The second-order valence-corrected chi connectivity index (χ2v) is 9.71. The van der Waals surface area contributed by atoms with Crippen molar-refractivity contribution in [3.63, 3.8) is 0 Å². The van der Waals surface area contributed by atoms with E-state index in [-0.39, 0.29) is 5.54 Å². The van der Waals surface area contributed by atoms with Gasteiger partial charge < -0.3 is 9.88 Å². The molecule has 1 saturated heterocycles. The lowest BCUT2D eigenvalue weighted by atomic mass is 9.87. The third-order valence-electron chi connectivity index (χ3n) is 7.57. The van der Waals surface area contributed by atoms with Gasteiger partial charge in [0, 0.05) is 18.2 Å². The first-order valence-corrected chi connectivity index (χ1v) is 11.6. The highest BCUT2D eigenvalue weighted by Gasteiger charge is 2.42. The number of hydrogen-bond acceptors (Lipinski definition) is 2. The van der Waals surface area contributed by atoms with Crippen LogP contribution in [0.15, 0.2) is 59.8 Å². The fourth-order valence-corrected chi connectivity index (χ4v) is 5.31. The predicted molar refractivity (Wildman–Crippen MR) is 129 cm³/mol. The summed E-state index contributed by atoms with van der Waals surface area (Å²) in [5.41, 5.74) is 10.2. The van der Waals surface area contributed by atoms with Crippen LogP contribution in [-0.2, 0) is 5.54 Å². The Morgan fingerprint density at radius 3 is 2.58 bits per heavy atom. The van der Waals surface area contributed by atoms with Crippen molar-refractivity contribution < 1.29 is 0 Å². The number of fused-ring (bicyclic) bond motifs is 1. The van der Waals surface area contributed by atoms with E-state index in [1.54, 1.807) is 0 Å². The summed E-state index contributed by atoms with van der Waals surface area (Å²) in [6.07, 6.45) is 8.30. The third-order valence-corrected chi connectivity index (χ3v) is 7.57. The summed E-state index contributed by atoms with van der Waals surface area (Å²) in [6, 6.07) is 13.4. The number of aryl methyl sites for hydroxylation is 3. The van der Waals surface area contributed by atoms with Gasteiger partial charge in [0.25, 0.3) is 0 Å². The first kappa shape index (κ1) is 20.1. The van der Waals surface area contributed by atoms with Gasteiger partial charge in [0.05, 0.1) is 16.6 Å². The van der Waals surface area contributed by atoms with Crippen LogP contribution in [0.25, 0.3) is 11.0 Å². The molecule has 2 heterocycles. The number of allylic oxidation sites excluding steroid dienone is 3. The second-order valence-electron chi connectivity index (χ2n) is 9.71. The average Bonchev–Trinajstić information content (AvgIpc) is 3.37. The van der Waals surface area contributed by atoms with Gasteiger partial charge in [-0.1, -0.05) is 48.0 Å². The minimum Gasteiger partial charge on any atom is -0.359 e. The topological polar surface area (TPSA) is 31.9 Å². The van der Waals surface area contributed by atoms with E-state index in [1.165, 1.54) is 39.9 Å². The number of H-pyrrole nitrogens is 1. The lowest BCUT2D eigenvalue weighted by Gasteiger charge is -2.39. The maximum absolute atomic E-state index is 5.14. The van der Waals surface area contributed by atoms with Crippen LogP contribution in [0.3, 0.4) is 0 Å². The van der Waals surface area contributed by atoms with Crippen LogP contribution in [0.5, 0.6) is 0 Å². The van der Waals surface area contributed by atoms with E-state index < -0.39 is 0 Å². The Labute approximate surface area is 185 Å². The number of aromatic nitrogens is 2. The smallest absolute Gasteiger partial charge is 0.132 e. The van der Waals surface area contributed by atoms with Crippen LogP contribution in [0.4, 0.5) is 0 Å². The van der Waals surface area contributed by atoms with E-state index in [2.05, 4.69) is 93.1 Å². The number of aromatic amines is 1. The summed E-state index contributed by atoms with van der Waals surface area (Å²) in [5, 5.41) is 0. The maximum atomic E-state index is 5.14. The van der Waals surface area contributed by atoms with Crippen molar-refractivity contribution in [2.45, 2.75) is 65.3 Å². The molecule has 1 fully saturated rings. The highest BCUT2D eigenvalue weighted by Crippen LogP contribution is 2.44. The van der Waals surface area contributed by atoms with Gasteiger partial charge in [-0.15, -0.1) is 0 Å². The molecule has 3 aromatic rings. The molecule has 31 heavy (non-hydrogen) atoms. The molecular weight excluding hydrogens is 378 g/mol. The molecule has 3 heteroatoms. The summed E-state index contributed by atoms with van der Waals surface area (Å²) in [6.45, 7) is 12.2. The average molecular weight is 412 g/mol. The molecule has 0 amide bonds. The van der Waals surface area contributed by atoms with Gasteiger partial charge >= 0.3 is 0 Å². The van der Waals surface area contributed by atoms with Crippen molar-refractivity contribution in [2.24, 2.45) is 0 Å². The minimum atomic E-state index is -0.116. The van der Waals surface area contributed by atoms with E-state index in [0.29, 0.717) is 5.92 Å². The van der Waals surface area contributed by atoms with Crippen LogP contribution in [-0.4, -0.2) is 21.4 Å². The Morgan fingerprint density at radius 2 is 1.81 bits per heavy atom. The van der Waals surface area contributed by atoms with Crippen LogP contribution >= 0.6 is 0 Å². The molecule has 3 nitrogen and oxygen atoms in total. The molecule has 0 radical (unpaired) electrons. The Bertz CT molecular complexity index is 1190. The molecule has 0 bridgehead atoms. The molecule has 1 unspecified atom stereocenters. The maximum Gasteiger partial charge on any atom is 0.132 e. The van der Waals surface area contributed by atoms with Gasteiger partial charge in [-0.05, 0) is 82.2 Å². The molecule has 5 rings (SSSR count). The molecule has 2 aromatic carbocycles. The number of nitrogens with one attached hydrogen (secondary N) is 1. The van der Waals surface area contributed by atoms with Crippen molar-refractivity contribution in [3.8, 4) is 0 Å². The molecule has 1 aliphatic heterocycles. The monoisotopic (exact) mass is 411 g/mol. The van der Waals surface area contributed by atoms with E-state index in [9.17, 15) is 0 Å². The number of benzene rings is 2. The van der Waals surface area contributed by atoms with Gasteiger partial charge in [0.1, 0.15) is 5.82 Å². The summed E-state index contributed by atoms with van der Waals surface area (Å²) in [5.74, 6) is 1.53. The Balaban J connectivity index is 1.55. The number of likely N-dealkylation sites (tertiary alicyclic amines) is 1. The van der Waals surface area contributed by atoms with Crippen LogP contribution in [0.1, 0.15) is 67.1 Å². The number of hydrogen-bond donors (Lipinski definition) is 1. The summed E-state index contributed by atoms with van der Waals surface area (Å²) < 4.78 is 0. The van der Waals surface area contributed by atoms with E-state index in [0.717, 1.165) is 36.2 Å². The van der Waals surface area contributed by atoms with Crippen LogP contribution < -0.4 is 0 Å². The van der Waals surface area contributed by atoms with E-state index >= 15 is 0 Å². The lowest BCUT2D eigenvalue weighted by Crippen LogP contribution is -2.39. The molecule has 0 saturated carbocycles. The fraction of sp³-hybridized carbons (Fsp3) is 0.393. The van der Waals surface area contributed by atoms with Gasteiger partial charge in [-0.25, -0.2) is 4.98 Å². The SMILES string of the molecule is CC1=CCC(c2ccc(C)cc2)C=C1N1CCC[C@@]1(C)c1nc2c(C)c(C)ccc2[nH]1. The van der Waals surface area contributed by atoms with Crippen LogP contribution in [0, 0.1) is 20.8 Å². The zero-order chi connectivity index (χ0) is 21.8. The first-order valence-electron chi connectivity index (χ1n) is 11.6. The fourth-order valence-electron chi connectivity index (χ4n) is 5.31. The second kappa shape index (κ2) is 7.40. The van der Waals surface area contributed by atoms with Gasteiger partial charge in [0.15, 0.2) is 0 Å². The number of nitrogens with zero attached hydrogens (tertiary/aromatic N) is 2. The molecule has 160 valence electrons. The number of rotatable bonds is 3. The zero-order valence-electron chi connectivity index (χ0n) is 19.4. The molecule has 1 aliphatic carbocycles.